The largest absolute Gasteiger partial charge is 0.356 e. The van der Waals surface area contributed by atoms with Gasteiger partial charge in [-0.1, -0.05) is 44.2 Å². The third kappa shape index (κ3) is 5.88. The minimum absolute atomic E-state index is 0.103. The van der Waals surface area contributed by atoms with E-state index in [4.69, 9.17) is 22.2 Å². The molecule has 0 saturated carbocycles. The summed E-state index contributed by atoms with van der Waals surface area (Å²) in [4.78, 5) is 14.5. The van der Waals surface area contributed by atoms with Crippen molar-refractivity contribution in [1.29, 1.82) is 0 Å². The number of anilines is 3. The molecule has 0 bridgehead atoms. The van der Waals surface area contributed by atoms with Gasteiger partial charge in [0, 0.05) is 32.2 Å². The SMILES string of the molecule is CC1CCN(c2cc(N3CCC(C)CC3)nc(NC(=S)N[C@H](C)c3ccccc3)n2)CC1. The van der Waals surface area contributed by atoms with Crippen LogP contribution in [0.25, 0.3) is 0 Å². The third-order valence-corrected chi connectivity index (χ3v) is 7.01. The van der Waals surface area contributed by atoms with Crippen LogP contribution in [0.2, 0.25) is 0 Å². The van der Waals surface area contributed by atoms with Gasteiger partial charge in [0.25, 0.3) is 0 Å². The highest BCUT2D eigenvalue weighted by Crippen LogP contribution is 2.28. The lowest BCUT2D eigenvalue weighted by atomic mass is 9.99. The molecular formula is C25H36N6S. The first-order valence-corrected chi connectivity index (χ1v) is 12.4. The summed E-state index contributed by atoms with van der Waals surface area (Å²) in [5.74, 6) is 4.14. The van der Waals surface area contributed by atoms with E-state index >= 15 is 0 Å². The molecular weight excluding hydrogens is 416 g/mol. The van der Waals surface area contributed by atoms with Crippen molar-refractivity contribution in [2.45, 2.75) is 52.5 Å². The quantitative estimate of drug-likeness (QED) is 0.619. The van der Waals surface area contributed by atoms with E-state index in [-0.39, 0.29) is 6.04 Å². The van der Waals surface area contributed by atoms with Crippen molar-refractivity contribution < 1.29 is 0 Å². The van der Waals surface area contributed by atoms with Crippen LogP contribution >= 0.6 is 12.2 Å². The molecule has 2 aliphatic rings. The maximum absolute atomic E-state index is 5.61. The molecule has 1 aromatic carbocycles. The zero-order chi connectivity index (χ0) is 22.5. The molecule has 0 radical (unpaired) electrons. The lowest BCUT2D eigenvalue weighted by Crippen LogP contribution is -2.36. The van der Waals surface area contributed by atoms with Crippen molar-refractivity contribution in [3.63, 3.8) is 0 Å². The minimum atomic E-state index is 0.103. The van der Waals surface area contributed by atoms with Crippen LogP contribution in [0.5, 0.6) is 0 Å². The average Bonchev–Trinajstić information content (AvgIpc) is 2.80. The van der Waals surface area contributed by atoms with Crippen LogP contribution in [-0.4, -0.2) is 41.3 Å². The van der Waals surface area contributed by atoms with Crippen molar-refractivity contribution in [2.24, 2.45) is 11.8 Å². The van der Waals surface area contributed by atoms with Crippen molar-refractivity contribution >= 4 is 34.9 Å². The van der Waals surface area contributed by atoms with Gasteiger partial charge in [-0.25, -0.2) is 0 Å². The zero-order valence-corrected chi connectivity index (χ0v) is 20.4. The van der Waals surface area contributed by atoms with Crippen LogP contribution in [0.1, 0.15) is 58.1 Å². The van der Waals surface area contributed by atoms with Crippen molar-refractivity contribution in [3.05, 3.63) is 42.0 Å². The summed E-state index contributed by atoms with van der Waals surface area (Å²) in [6.45, 7) is 11.0. The predicted molar refractivity (Wildman–Crippen MR) is 137 cm³/mol. The van der Waals surface area contributed by atoms with E-state index in [0.717, 1.165) is 49.7 Å². The highest BCUT2D eigenvalue weighted by atomic mass is 32.1. The normalized spacial score (nSPS) is 19.0. The third-order valence-electron chi connectivity index (χ3n) is 6.79. The Labute approximate surface area is 197 Å². The number of piperidine rings is 2. The van der Waals surface area contributed by atoms with E-state index in [1.54, 1.807) is 0 Å². The first kappa shape index (κ1) is 22.8. The highest BCUT2D eigenvalue weighted by molar-refractivity contribution is 7.80. The van der Waals surface area contributed by atoms with Crippen LogP contribution in [0, 0.1) is 11.8 Å². The van der Waals surface area contributed by atoms with E-state index in [2.05, 4.69) is 59.4 Å². The second-order valence-electron chi connectivity index (χ2n) is 9.48. The fourth-order valence-corrected chi connectivity index (χ4v) is 4.70. The number of hydrogen-bond donors (Lipinski definition) is 2. The van der Waals surface area contributed by atoms with Gasteiger partial charge in [0.15, 0.2) is 5.11 Å². The number of thiocarbonyl (C=S) groups is 1. The molecule has 1 atom stereocenters. The molecule has 32 heavy (non-hydrogen) atoms. The van der Waals surface area contributed by atoms with Crippen molar-refractivity contribution in [2.75, 3.05) is 41.3 Å². The zero-order valence-electron chi connectivity index (χ0n) is 19.6. The fraction of sp³-hybridized carbons (Fsp3) is 0.560. The van der Waals surface area contributed by atoms with Gasteiger partial charge in [0.2, 0.25) is 5.95 Å². The maximum atomic E-state index is 5.61. The molecule has 2 fully saturated rings. The lowest BCUT2D eigenvalue weighted by Gasteiger charge is -2.34. The number of nitrogens with one attached hydrogen (secondary N) is 2. The number of nitrogens with zero attached hydrogens (tertiary/aromatic N) is 4. The number of benzene rings is 1. The molecule has 0 unspecified atom stereocenters. The molecule has 2 aromatic rings. The van der Waals surface area contributed by atoms with E-state index in [1.165, 1.54) is 31.2 Å². The molecule has 2 N–H and O–H groups in total. The van der Waals surface area contributed by atoms with Gasteiger partial charge in [-0.2, -0.15) is 9.97 Å². The van der Waals surface area contributed by atoms with Gasteiger partial charge in [0.1, 0.15) is 11.6 Å². The fourth-order valence-electron chi connectivity index (χ4n) is 4.44. The van der Waals surface area contributed by atoms with Crippen LogP contribution < -0.4 is 20.4 Å². The summed E-state index contributed by atoms with van der Waals surface area (Å²) in [6, 6.07) is 12.6. The van der Waals surface area contributed by atoms with Gasteiger partial charge >= 0.3 is 0 Å². The van der Waals surface area contributed by atoms with Gasteiger partial charge < -0.3 is 20.4 Å². The molecule has 0 aliphatic carbocycles. The van der Waals surface area contributed by atoms with E-state index in [9.17, 15) is 0 Å². The summed E-state index contributed by atoms with van der Waals surface area (Å²) >= 11 is 5.61. The molecule has 172 valence electrons. The molecule has 6 nitrogen and oxygen atoms in total. The van der Waals surface area contributed by atoms with Crippen LogP contribution in [-0.2, 0) is 0 Å². The number of aromatic nitrogens is 2. The summed E-state index contributed by atoms with van der Waals surface area (Å²) in [5, 5.41) is 7.18. The maximum Gasteiger partial charge on any atom is 0.232 e. The predicted octanol–water partition coefficient (Wildman–Crippen LogP) is 5.00. The molecule has 2 aliphatic heterocycles. The molecule has 2 saturated heterocycles. The Kier molecular flexibility index (Phi) is 7.45. The lowest BCUT2D eigenvalue weighted by molar-refractivity contribution is 0.433. The van der Waals surface area contributed by atoms with Crippen molar-refractivity contribution in [1.82, 2.24) is 15.3 Å². The van der Waals surface area contributed by atoms with Gasteiger partial charge in [0.05, 0.1) is 6.04 Å². The van der Waals surface area contributed by atoms with Crippen LogP contribution in [0.15, 0.2) is 36.4 Å². The van der Waals surface area contributed by atoms with Crippen LogP contribution in [0.4, 0.5) is 17.6 Å². The van der Waals surface area contributed by atoms with E-state index in [1.807, 2.05) is 18.2 Å². The Morgan fingerprint density at radius 2 is 1.41 bits per heavy atom. The van der Waals surface area contributed by atoms with Crippen molar-refractivity contribution in [3.8, 4) is 0 Å². The van der Waals surface area contributed by atoms with Gasteiger partial charge in [-0.3, -0.25) is 0 Å². The first-order valence-electron chi connectivity index (χ1n) is 12.0. The molecule has 4 rings (SSSR count). The van der Waals surface area contributed by atoms with Crippen LogP contribution in [0.3, 0.4) is 0 Å². The Balaban J connectivity index is 1.51. The Bertz CT molecular complexity index is 848. The average molecular weight is 453 g/mol. The smallest absolute Gasteiger partial charge is 0.232 e. The Morgan fingerprint density at radius 3 is 1.91 bits per heavy atom. The summed E-state index contributed by atoms with van der Waals surface area (Å²) in [6.07, 6.45) is 4.82. The highest BCUT2D eigenvalue weighted by Gasteiger charge is 2.22. The molecule has 3 heterocycles. The molecule has 0 amide bonds. The summed E-state index contributed by atoms with van der Waals surface area (Å²) in [5.41, 5.74) is 1.19. The monoisotopic (exact) mass is 452 g/mol. The van der Waals surface area contributed by atoms with Gasteiger partial charge in [-0.05, 0) is 62.2 Å². The first-order chi connectivity index (χ1) is 15.5. The molecule has 0 spiro atoms. The number of hydrogen-bond acceptors (Lipinski definition) is 5. The van der Waals surface area contributed by atoms with E-state index < -0.39 is 0 Å². The Morgan fingerprint density at radius 1 is 0.906 bits per heavy atom. The molecule has 1 aromatic heterocycles. The number of rotatable bonds is 5. The summed E-state index contributed by atoms with van der Waals surface area (Å²) in [7, 11) is 0. The summed E-state index contributed by atoms with van der Waals surface area (Å²) < 4.78 is 0. The molecule has 7 heteroatoms. The Hall–Kier alpha value is -2.41. The minimum Gasteiger partial charge on any atom is -0.356 e. The second-order valence-corrected chi connectivity index (χ2v) is 9.89. The van der Waals surface area contributed by atoms with Gasteiger partial charge in [-0.15, -0.1) is 0 Å². The van der Waals surface area contributed by atoms with E-state index in [0.29, 0.717) is 11.1 Å². The standard InChI is InChI=1S/C25H36N6S/c1-18-9-13-30(14-10-18)22-17-23(31-15-11-19(2)12-16-31)28-24(27-22)29-25(32)26-20(3)21-7-5-4-6-8-21/h4-8,17-20H,9-16H2,1-3H3,(H2,26,27,28,29,32)/t20-/m1/s1. The second kappa shape index (κ2) is 10.5. The topological polar surface area (TPSA) is 56.3 Å².